The summed E-state index contributed by atoms with van der Waals surface area (Å²) in [6, 6.07) is 15.7. The maximum atomic E-state index is 12.9. The summed E-state index contributed by atoms with van der Waals surface area (Å²) in [5, 5.41) is 7.03. The monoisotopic (exact) mass is 435 g/mol. The summed E-state index contributed by atoms with van der Waals surface area (Å²) in [5.74, 6) is 1.55. The summed E-state index contributed by atoms with van der Waals surface area (Å²) < 4.78 is 18.4. The number of nitrogens with zero attached hydrogens (tertiary/aromatic N) is 2. The summed E-state index contributed by atoms with van der Waals surface area (Å²) in [6.07, 6.45) is 0.870. The van der Waals surface area contributed by atoms with Crippen LogP contribution in [0.15, 0.2) is 59.4 Å². The number of para-hydroxylation sites is 1. The van der Waals surface area contributed by atoms with Gasteiger partial charge in [0.25, 0.3) is 11.5 Å². The molecule has 1 aliphatic rings. The smallest absolute Gasteiger partial charge is 0.276 e. The second kappa shape index (κ2) is 9.55. The third kappa shape index (κ3) is 4.91. The molecule has 3 aromatic rings. The van der Waals surface area contributed by atoms with Crippen molar-refractivity contribution in [2.75, 3.05) is 18.5 Å². The molecule has 2 heterocycles. The molecule has 0 radical (unpaired) electrons. The number of benzene rings is 2. The van der Waals surface area contributed by atoms with Gasteiger partial charge in [-0.1, -0.05) is 18.2 Å². The minimum absolute atomic E-state index is 0.0776. The lowest BCUT2D eigenvalue weighted by molar-refractivity contribution is 0.101. The van der Waals surface area contributed by atoms with Gasteiger partial charge in [0.2, 0.25) is 0 Å². The molecule has 8 nitrogen and oxygen atoms in total. The Hall–Kier alpha value is -3.81. The average molecular weight is 435 g/mol. The van der Waals surface area contributed by atoms with Gasteiger partial charge in [-0.15, -0.1) is 0 Å². The van der Waals surface area contributed by atoms with Crippen LogP contribution in [-0.2, 0) is 13.0 Å². The topological polar surface area (TPSA) is 91.7 Å². The van der Waals surface area contributed by atoms with E-state index in [2.05, 4.69) is 10.4 Å². The number of anilines is 1. The van der Waals surface area contributed by atoms with Crippen molar-refractivity contribution in [3.8, 4) is 17.2 Å². The largest absolute Gasteiger partial charge is 0.492 e. The highest BCUT2D eigenvalue weighted by Crippen LogP contribution is 2.38. The van der Waals surface area contributed by atoms with Crippen molar-refractivity contribution in [1.29, 1.82) is 0 Å². The lowest BCUT2D eigenvalue weighted by atomic mass is 10.1. The van der Waals surface area contributed by atoms with E-state index in [1.165, 1.54) is 16.8 Å². The first-order valence-corrected chi connectivity index (χ1v) is 10.6. The molecule has 166 valence electrons. The van der Waals surface area contributed by atoms with Crippen LogP contribution >= 0.6 is 0 Å². The number of hydrogen-bond donors (Lipinski definition) is 1. The van der Waals surface area contributed by atoms with E-state index in [1.54, 1.807) is 6.07 Å². The Morgan fingerprint density at radius 1 is 1.19 bits per heavy atom. The molecular formula is C24H25N3O5. The fraction of sp³-hybridized carbons (Fsp3) is 0.292. The normalized spacial score (nSPS) is 14.4. The molecule has 1 atom stereocenters. The van der Waals surface area contributed by atoms with Gasteiger partial charge in [-0.05, 0) is 38.1 Å². The fourth-order valence-electron chi connectivity index (χ4n) is 3.50. The molecule has 8 heteroatoms. The third-order valence-corrected chi connectivity index (χ3v) is 4.96. The molecule has 1 amide bonds. The molecule has 4 rings (SSSR count). The van der Waals surface area contributed by atoms with Gasteiger partial charge in [-0.2, -0.15) is 5.10 Å². The number of aromatic nitrogens is 2. The molecule has 0 aliphatic carbocycles. The highest BCUT2D eigenvalue weighted by atomic mass is 16.5. The first kappa shape index (κ1) is 21.4. The highest BCUT2D eigenvalue weighted by Gasteiger charge is 2.23. The van der Waals surface area contributed by atoms with Crippen molar-refractivity contribution >= 4 is 11.6 Å². The molecule has 1 N–H and O–H groups in total. The minimum atomic E-state index is -0.449. The first-order chi connectivity index (χ1) is 15.5. The molecule has 0 spiro atoms. The number of carbonyl (C=O) groups is 1. The Labute approximate surface area is 185 Å². The predicted octanol–water partition coefficient (Wildman–Crippen LogP) is 3.30. The fourth-order valence-corrected chi connectivity index (χ4v) is 3.50. The quantitative estimate of drug-likeness (QED) is 0.584. The Morgan fingerprint density at radius 3 is 2.78 bits per heavy atom. The highest BCUT2D eigenvalue weighted by molar-refractivity contribution is 6.03. The molecule has 1 aromatic heterocycles. The summed E-state index contributed by atoms with van der Waals surface area (Å²) in [5.41, 5.74) is 1.34. The zero-order valence-corrected chi connectivity index (χ0v) is 18.0. The van der Waals surface area contributed by atoms with Gasteiger partial charge in [0.1, 0.15) is 35.7 Å². The molecule has 32 heavy (non-hydrogen) atoms. The van der Waals surface area contributed by atoms with Crippen LogP contribution < -0.4 is 25.1 Å². The SMILES string of the molecule is CCOc1cc2c(cc1NC(=O)c1ccc(=O)n(CCOc3ccccc3)n1)O[C@H](C)C2. The van der Waals surface area contributed by atoms with Crippen LogP contribution in [0, 0.1) is 0 Å². The Morgan fingerprint density at radius 2 is 2.00 bits per heavy atom. The predicted molar refractivity (Wildman–Crippen MR) is 120 cm³/mol. The molecule has 0 bridgehead atoms. The van der Waals surface area contributed by atoms with E-state index < -0.39 is 5.91 Å². The van der Waals surface area contributed by atoms with Crippen LogP contribution in [0.4, 0.5) is 5.69 Å². The minimum Gasteiger partial charge on any atom is -0.492 e. The van der Waals surface area contributed by atoms with Crippen LogP contribution in [0.25, 0.3) is 0 Å². The lowest BCUT2D eigenvalue weighted by Gasteiger charge is -2.14. The Balaban J connectivity index is 1.48. The number of nitrogens with one attached hydrogen (secondary N) is 1. The van der Waals surface area contributed by atoms with Gasteiger partial charge >= 0.3 is 0 Å². The van der Waals surface area contributed by atoms with E-state index >= 15 is 0 Å². The maximum Gasteiger partial charge on any atom is 0.276 e. The first-order valence-electron chi connectivity index (χ1n) is 10.6. The maximum absolute atomic E-state index is 12.9. The standard InChI is InChI=1S/C24H25N3O5/c1-3-30-22-14-17-13-16(2)32-21(17)15-20(22)25-24(29)19-9-10-23(28)27(26-19)11-12-31-18-7-5-4-6-8-18/h4-10,14-16H,3,11-13H2,1-2H3,(H,25,29)/t16-/m1/s1. The third-order valence-electron chi connectivity index (χ3n) is 4.96. The van der Waals surface area contributed by atoms with Crippen molar-refractivity contribution < 1.29 is 19.0 Å². The van der Waals surface area contributed by atoms with Crippen molar-refractivity contribution in [2.24, 2.45) is 0 Å². The van der Waals surface area contributed by atoms with E-state index in [9.17, 15) is 9.59 Å². The molecular weight excluding hydrogens is 410 g/mol. The number of hydrogen-bond acceptors (Lipinski definition) is 6. The Bertz CT molecular complexity index is 1160. The summed E-state index contributed by atoms with van der Waals surface area (Å²) in [4.78, 5) is 25.0. The van der Waals surface area contributed by atoms with E-state index in [-0.39, 0.29) is 30.5 Å². The van der Waals surface area contributed by atoms with Gasteiger partial charge in [0.05, 0.1) is 18.8 Å². The van der Waals surface area contributed by atoms with Crippen molar-refractivity contribution in [1.82, 2.24) is 9.78 Å². The van der Waals surface area contributed by atoms with E-state index in [1.807, 2.05) is 50.2 Å². The van der Waals surface area contributed by atoms with E-state index in [0.717, 1.165) is 17.7 Å². The zero-order chi connectivity index (χ0) is 22.5. The number of amides is 1. The molecule has 2 aromatic carbocycles. The van der Waals surface area contributed by atoms with Gasteiger partial charge in [0, 0.05) is 24.1 Å². The molecule has 0 saturated carbocycles. The van der Waals surface area contributed by atoms with E-state index in [0.29, 0.717) is 23.8 Å². The Kier molecular flexibility index (Phi) is 6.39. The summed E-state index contributed by atoms with van der Waals surface area (Å²) >= 11 is 0. The summed E-state index contributed by atoms with van der Waals surface area (Å²) in [6.45, 7) is 4.79. The van der Waals surface area contributed by atoms with Gasteiger partial charge in [-0.25, -0.2) is 4.68 Å². The van der Waals surface area contributed by atoms with Gasteiger partial charge in [0.15, 0.2) is 0 Å². The molecule has 0 fully saturated rings. The molecule has 0 unspecified atom stereocenters. The van der Waals surface area contributed by atoms with Crippen LogP contribution in [0.1, 0.15) is 29.9 Å². The second-order valence-electron chi connectivity index (χ2n) is 7.42. The number of fused-ring (bicyclic) bond motifs is 1. The van der Waals surface area contributed by atoms with Gasteiger partial charge in [-0.3, -0.25) is 9.59 Å². The number of rotatable bonds is 8. The van der Waals surface area contributed by atoms with Crippen LogP contribution in [0.3, 0.4) is 0 Å². The van der Waals surface area contributed by atoms with Crippen LogP contribution in [0.2, 0.25) is 0 Å². The lowest BCUT2D eigenvalue weighted by Crippen LogP contribution is -2.28. The number of ether oxygens (including phenoxy) is 3. The zero-order valence-electron chi connectivity index (χ0n) is 18.0. The molecule has 1 aliphatic heterocycles. The van der Waals surface area contributed by atoms with Crippen molar-refractivity contribution in [2.45, 2.75) is 32.9 Å². The van der Waals surface area contributed by atoms with Crippen molar-refractivity contribution in [3.05, 3.63) is 76.2 Å². The van der Waals surface area contributed by atoms with Crippen LogP contribution in [0.5, 0.6) is 17.2 Å². The summed E-state index contributed by atoms with van der Waals surface area (Å²) in [7, 11) is 0. The molecule has 0 saturated heterocycles. The van der Waals surface area contributed by atoms with Crippen molar-refractivity contribution in [3.63, 3.8) is 0 Å². The van der Waals surface area contributed by atoms with Gasteiger partial charge < -0.3 is 19.5 Å². The van der Waals surface area contributed by atoms with E-state index in [4.69, 9.17) is 14.2 Å². The van der Waals surface area contributed by atoms with Crippen LogP contribution in [-0.4, -0.2) is 35.0 Å². The second-order valence-corrected chi connectivity index (χ2v) is 7.42. The average Bonchev–Trinajstić information content (AvgIpc) is 3.15. The number of carbonyl (C=O) groups excluding carboxylic acids is 1.